The molecule has 0 bridgehead atoms. The molecule has 0 radical (unpaired) electrons. The molecule has 1 aromatic carbocycles. The van der Waals surface area contributed by atoms with Crippen LogP contribution < -0.4 is 10.8 Å². The molecule has 0 unspecified atom stereocenters. The number of rotatable bonds is 4. The monoisotopic (exact) mass is 350 g/mol. The van der Waals surface area contributed by atoms with E-state index < -0.39 is 7.12 Å². The minimum atomic E-state index is -0.407. The van der Waals surface area contributed by atoms with E-state index in [-0.39, 0.29) is 17.1 Å². The normalized spacial score (nSPS) is 18.2. The van der Waals surface area contributed by atoms with Crippen LogP contribution in [0.15, 0.2) is 54.9 Å². The minimum Gasteiger partial charge on any atom is -0.399 e. The number of nitrogens with zero attached hydrogens (tertiary/aromatic N) is 1. The molecule has 3 rings (SSSR count). The summed E-state index contributed by atoms with van der Waals surface area (Å²) in [5.41, 5.74) is 1.76. The van der Waals surface area contributed by atoms with E-state index in [1.807, 2.05) is 64.1 Å². The summed E-state index contributed by atoms with van der Waals surface area (Å²) in [7, 11) is -0.407. The van der Waals surface area contributed by atoms with Crippen LogP contribution in [0, 0.1) is 0 Å². The van der Waals surface area contributed by atoms with Crippen LogP contribution >= 0.6 is 0 Å². The third-order valence-corrected chi connectivity index (χ3v) is 4.82. The standard InChI is InChI=1S/C20H23BN2O3/c1-19(2)20(3,4)26-21(25-19)16-8-10-17(11-9-16)23-18(24)12-7-15-6-5-13-22-14-15/h5-14H,1-4H3,(H,23,24). The Morgan fingerprint density at radius 3 is 2.31 bits per heavy atom. The highest BCUT2D eigenvalue weighted by Crippen LogP contribution is 2.36. The zero-order valence-electron chi connectivity index (χ0n) is 15.5. The van der Waals surface area contributed by atoms with Gasteiger partial charge in [0.2, 0.25) is 5.91 Å². The Labute approximate surface area is 154 Å². The third kappa shape index (κ3) is 4.03. The van der Waals surface area contributed by atoms with Gasteiger partial charge in [-0.05, 0) is 63.0 Å². The summed E-state index contributed by atoms with van der Waals surface area (Å²) in [6, 6.07) is 11.2. The first kappa shape index (κ1) is 18.4. The number of hydrogen-bond acceptors (Lipinski definition) is 4. The Bertz CT molecular complexity index is 786. The smallest absolute Gasteiger partial charge is 0.399 e. The van der Waals surface area contributed by atoms with Crippen molar-refractivity contribution in [1.29, 1.82) is 0 Å². The second kappa shape index (κ2) is 7.06. The Morgan fingerprint density at radius 2 is 1.73 bits per heavy atom. The second-order valence-corrected chi connectivity index (χ2v) is 7.32. The summed E-state index contributed by atoms with van der Waals surface area (Å²) in [5.74, 6) is -0.197. The molecule has 1 saturated heterocycles. The van der Waals surface area contributed by atoms with E-state index in [0.717, 1.165) is 11.0 Å². The largest absolute Gasteiger partial charge is 0.494 e. The third-order valence-electron chi connectivity index (χ3n) is 4.82. The fraction of sp³-hybridized carbons (Fsp3) is 0.300. The van der Waals surface area contributed by atoms with Crippen molar-refractivity contribution < 1.29 is 14.1 Å². The first-order valence-electron chi connectivity index (χ1n) is 8.61. The molecule has 1 fully saturated rings. The molecular formula is C20H23BN2O3. The van der Waals surface area contributed by atoms with Crippen LogP contribution in [0.5, 0.6) is 0 Å². The highest BCUT2D eigenvalue weighted by molar-refractivity contribution is 6.62. The molecule has 26 heavy (non-hydrogen) atoms. The van der Waals surface area contributed by atoms with Gasteiger partial charge in [-0.15, -0.1) is 0 Å². The van der Waals surface area contributed by atoms with Gasteiger partial charge < -0.3 is 14.6 Å². The van der Waals surface area contributed by atoms with Gasteiger partial charge in [-0.2, -0.15) is 0 Å². The molecule has 2 heterocycles. The van der Waals surface area contributed by atoms with Crippen LogP contribution in [0.3, 0.4) is 0 Å². The zero-order chi connectivity index (χ0) is 18.8. The Morgan fingerprint density at radius 1 is 1.08 bits per heavy atom. The molecule has 1 aliphatic heterocycles. The average molecular weight is 350 g/mol. The van der Waals surface area contributed by atoms with Crippen molar-refractivity contribution in [3.8, 4) is 0 Å². The van der Waals surface area contributed by atoms with E-state index in [9.17, 15) is 4.79 Å². The van der Waals surface area contributed by atoms with Crippen molar-refractivity contribution in [2.75, 3.05) is 5.32 Å². The lowest BCUT2D eigenvalue weighted by Crippen LogP contribution is -2.41. The quantitative estimate of drug-likeness (QED) is 0.680. The first-order valence-corrected chi connectivity index (χ1v) is 8.61. The van der Waals surface area contributed by atoms with E-state index in [0.29, 0.717) is 5.69 Å². The number of aromatic nitrogens is 1. The predicted molar refractivity (Wildman–Crippen MR) is 104 cm³/mol. The molecule has 2 aromatic rings. The van der Waals surface area contributed by atoms with Gasteiger partial charge >= 0.3 is 7.12 Å². The summed E-state index contributed by atoms with van der Waals surface area (Å²) >= 11 is 0. The number of anilines is 1. The highest BCUT2D eigenvalue weighted by atomic mass is 16.7. The van der Waals surface area contributed by atoms with E-state index in [1.165, 1.54) is 6.08 Å². The van der Waals surface area contributed by atoms with Gasteiger partial charge in [0.05, 0.1) is 11.2 Å². The van der Waals surface area contributed by atoms with Gasteiger partial charge in [0.15, 0.2) is 0 Å². The number of amides is 1. The van der Waals surface area contributed by atoms with E-state index in [4.69, 9.17) is 9.31 Å². The maximum atomic E-state index is 12.0. The number of hydrogen-bond donors (Lipinski definition) is 1. The van der Waals surface area contributed by atoms with Gasteiger partial charge in [-0.3, -0.25) is 9.78 Å². The van der Waals surface area contributed by atoms with Crippen molar-refractivity contribution in [3.63, 3.8) is 0 Å². The van der Waals surface area contributed by atoms with Crippen molar-refractivity contribution in [3.05, 3.63) is 60.4 Å². The SMILES string of the molecule is CC1(C)OB(c2ccc(NC(=O)C=Cc3cccnc3)cc2)OC1(C)C. The molecule has 1 N–H and O–H groups in total. The summed E-state index contributed by atoms with van der Waals surface area (Å²) < 4.78 is 12.1. The molecule has 0 saturated carbocycles. The molecule has 6 heteroatoms. The lowest BCUT2D eigenvalue weighted by Gasteiger charge is -2.32. The number of carbonyl (C=O) groups is 1. The molecule has 134 valence electrons. The molecule has 1 aliphatic rings. The Kier molecular flexibility index (Phi) is 4.98. The summed E-state index contributed by atoms with van der Waals surface area (Å²) in [4.78, 5) is 16.0. The lowest BCUT2D eigenvalue weighted by atomic mass is 9.79. The Balaban J connectivity index is 1.62. The van der Waals surface area contributed by atoms with E-state index >= 15 is 0 Å². The maximum absolute atomic E-state index is 12.0. The van der Waals surface area contributed by atoms with Crippen LogP contribution in [0.25, 0.3) is 6.08 Å². The molecular weight excluding hydrogens is 327 g/mol. The average Bonchev–Trinajstić information content (AvgIpc) is 2.82. The number of pyridine rings is 1. The predicted octanol–water partition coefficient (Wildman–Crippen LogP) is 3.03. The van der Waals surface area contributed by atoms with Crippen molar-refractivity contribution in [2.24, 2.45) is 0 Å². The summed E-state index contributed by atoms with van der Waals surface area (Å²) in [5, 5.41) is 2.83. The number of benzene rings is 1. The molecule has 0 aliphatic carbocycles. The van der Waals surface area contributed by atoms with Crippen LogP contribution in [-0.4, -0.2) is 29.2 Å². The highest BCUT2D eigenvalue weighted by Gasteiger charge is 2.51. The fourth-order valence-corrected chi connectivity index (χ4v) is 2.53. The molecule has 1 aromatic heterocycles. The summed E-state index contributed by atoms with van der Waals surface area (Å²) in [6.07, 6.45) is 6.60. The van der Waals surface area contributed by atoms with Crippen molar-refractivity contribution in [1.82, 2.24) is 4.98 Å². The van der Waals surface area contributed by atoms with Gasteiger partial charge in [-0.25, -0.2) is 0 Å². The topological polar surface area (TPSA) is 60.5 Å². The fourth-order valence-electron chi connectivity index (χ4n) is 2.53. The van der Waals surface area contributed by atoms with E-state index in [1.54, 1.807) is 18.5 Å². The number of carbonyl (C=O) groups excluding carboxylic acids is 1. The minimum absolute atomic E-state index is 0.197. The van der Waals surface area contributed by atoms with Crippen LogP contribution in [0.1, 0.15) is 33.3 Å². The zero-order valence-corrected chi connectivity index (χ0v) is 15.5. The second-order valence-electron chi connectivity index (χ2n) is 7.32. The number of nitrogens with one attached hydrogen (secondary N) is 1. The summed E-state index contributed by atoms with van der Waals surface area (Å²) in [6.45, 7) is 8.10. The lowest BCUT2D eigenvalue weighted by molar-refractivity contribution is -0.111. The van der Waals surface area contributed by atoms with Crippen molar-refractivity contribution in [2.45, 2.75) is 38.9 Å². The van der Waals surface area contributed by atoms with Gasteiger partial charge in [0.1, 0.15) is 0 Å². The molecule has 1 amide bonds. The van der Waals surface area contributed by atoms with Crippen LogP contribution in [0.4, 0.5) is 5.69 Å². The van der Waals surface area contributed by atoms with Gasteiger partial charge in [0.25, 0.3) is 0 Å². The maximum Gasteiger partial charge on any atom is 0.494 e. The van der Waals surface area contributed by atoms with Gasteiger partial charge in [-0.1, -0.05) is 18.2 Å². The van der Waals surface area contributed by atoms with Gasteiger partial charge in [0, 0.05) is 24.2 Å². The van der Waals surface area contributed by atoms with Crippen molar-refractivity contribution >= 4 is 30.3 Å². The van der Waals surface area contributed by atoms with Crippen LogP contribution in [0.2, 0.25) is 0 Å². The molecule has 0 atom stereocenters. The molecule has 5 nitrogen and oxygen atoms in total. The van der Waals surface area contributed by atoms with Crippen LogP contribution in [-0.2, 0) is 14.1 Å². The molecule has 0 spiro atoms. The van der Waals surface area contributed by atoms with E-state index in [2.05, 4.69) is 10.3 Å². The Hall–Kier alpha value is -2.44. The first-order chi connectivity index (χ1) is 12.3.